The summed E-state index contributed by atoms with van der Waals surface area (Å²) in [6.45, 7) is 1.09. The Morgan fingerprint density at radius 3 is 2.57 bits per heavy atom. The first kappa shape index (κ1) is 18.8. The Kier molecular flexibility index (Phi) is 4.96. The van der Waals surface area contributed by atoms with E-state index < -0.39 is 0 Å². The van der Waals surface area contributed by atoms with Crippen molar-refractivity contribution in [2.75, 3.05) is 13.2 Å². The summed E-state index contributed by atoms with van der Waals surface area (Å²) in [6.07, 6.45) is 4.31. The minimum Gasteiger partial charge on any atom is -0.445 e. The molecule has 0 N–H and O–H groups in total. The molecule has 0 spiro atoms. The number of rotatable bonds is 4. The Morgan fingerprint density at radius 2 is 1.80 bits per heavy atom. The van der Waals surface area contributed by atoms with Gasteiger partial charge in [0.1, 0.15) is 12.3 Å². The molecule has 2 unspecified atom stereocenters. The fourth-order valence-electron chi connectivity index (χ4n) is 4.58. The first-order valence-electron chi connectivity index (χ1n) is 10.2. The summed E-state index contributed by atoms with van der Waals surface area (Å²) >= 11 is 0. The van der Waals surface area contributed by atoms with E-state index in [2.05, 4.69) is 4.98 Å². The molecule has 154 valence electrons. The van der Waals surface area contributed by atoms with Gasteiger partial charge in [0, 0.05) is 18.3 Å². The number of carbonyl (C=O) groups is 2. The number of hydrogen-bond acceptors (Lipinski definition) is 5. The van der Waals surface area contributed by atoms with Gasteiger partial charge in [-0.2, -0.15) is 0 Å². The predicted molar refractivity (Wildman–Crippen MR) is 109 cm³/mol. The van der Waals surface area contributed by atoms with Gasteiger partial charge in [0.2, 0.25) is 0 Å². The first-order chi connectivity index (χ1) is 14.7. The maximum Gasteiger partial charge on any atom is 0.410 e. The Bertz CT molecular complexity index is 1050. The van der Waals surface area contributed by atoms with E-state index >= 15 is 0 Å². The van der Waals surface area contributed by atoms with Crippen molar-refractivity contribution >= 4 is 17.5 Å². The summed E-state index contributed by atoms with van der Waals surface area (Å²) in [5.74, 6) is -0.0668. The van der Waals surface area contributed by atoms with E-state index in [0.29, 0.717) is 31.7 Å². The number of imidazole rings is 1. The zero-order valence-corrected chi connectivity index (χ0v) is 16.5. The molecule has 2 saturated heterocycles. The molecule has 7 heteroatoms. The molecule has 2 aliphatic rings. The van der Waals surface area contributed by atoms with Gasteiger partial charge in [-0.15, -0.1) is 0 Å². The third-order valence-corrected chi connectivity index (χ3v) is 5.99. The summed E-state index contributed by atoms with van der Waals surface area (Å²) in [6, 6.07) is 14.9. The molecular weight excluding hydrogens is 382 g/mol. The molecule has 1 amide bonds. The Balaban J connectivity index is 1.30. The summed E-state index contributed by atoms with van der Waals surface area (Å²) in [5.41, 5.74) is 2.34. The molecule has 0 aliphatic carbocycles. The van der Waals surface area contributed by atoms with Crippen LogP contribution < -0.4 is 0 Å². The average Bonchev–Trinajstić information content (AvgIpc) is 3.26. The molecule has 2 atom stereocenters. The van der Waals surface area contributed by atoms with E-state index in [-0.39, 0.29) is 36.5 Å². The van der Waals surface area contributed by atoms with Crippen molar-refractivity contribution in [2.24, 2.45) is 5.92 Å². The number of benzene rings is 1. The number of pyridine rings is 1. The molecule has 1 aromatic carbocycles. The predicted octanol–water partition coefficient (Wildman–Crippen LogP) is 3.33. The van der Waals surface area contributed by atoms with E-state index in [9.17, 15) is 9.59 Å². The summed E-state index contributed by atoms with van der Waals surface area (Å²) < 4.78 is 13.1. The second kappa shape index (κ2) is 7.91. The van der Waals surface area contributed by atoms with E-state index in [1.54, 1.807) is 11.1 Å². The zero-order valence-electron chi connectivity index (χ0n) is 16.5. The molecule has 3 aromatic rings. The second-order valence-electron chi connectivity index (χ2n) is 7.89. The highest BCUT2D eigenvalue weighted by atomic mass is 16.6. The number of piperidine rings is 1. The number of nitrogens with zero attached hydrogens (tertiary/aromatic N) is 3. The summed E-state index contributed by atoms with van der Waals surface area (Å²) in [5, 5.41) is 0. The van der Waals surface area contributed by atoms with Crippen molar-refractivity contribution in [3.8, 4) is 0 Å². The van der Waals surface area contributed by atoms with Crippen molar-refractivity contribution in [2.45, 2.75) is 31.5 Å². The number of ketones is 1. The molecule has 7 nitrogen and oxygen atoms in total. The van der Waals surface area contributed by atoms with Gasteiger partial charge in [0.05, 0.1) is 31.0 Å². The Labute approximate surface area is 174 Å². The van der Waals surface area contributed by atoms with Gasteiger partial charge in [-0.05, 0) is 30.5 Å². The van der Waals surface area contributed by atoms with Crippen molar-refractivity contribution in [3.05, 3.63) is 72.2 Å². The van der Waals surface area contributed by atoms with Crippen LogP contribution in [0.25, 0.3) is 5.65 Å². The molecule has 2 aromatic heterocycles. The van der Waals surface area contributed by atoms with Crippen LogP contribution in [0.5, 0.6) is 0 Å². The average molecular weight is 405 g/mol. The van der Waals surface area contributed by atoms with Crippen LogP contribution in [0.2, 0.25) is 0 Å². The van der Waals surface area contributed by atoms with Gasteiger partial charge in [0.15, 0.2) is 5.78 Å². The first-order valence-corrected chi connectivity index (χ1v) is 10.2. The van der Waals surface area contributed by atoms with Crippen molar-refractivity contribution in [3.63, 3.8) is 0 Å². The fourth-order valence-corrected chi connectivity index (χ4v) is 4.58. The van der Waals surface area contributed by atoms with Crippen LogP contribution in [0.4, 0.5) is 4.79 Å². The van der Waals surface area contributed by atoms with Crippen LogP contribution in [0.1, 0.15) is 28.9 Å². The van der Waals surface area contributed by atoms with Crippen molar-refractivity contribution < 1.29 is 19.1 Å². The van der Waals surface area contributed by atoms with Gasteiger partial charge < -0.3 is 9.47 Å². The lowest BCUT2D eigenvalue weighted by molar-refractivity contribution is -0.0756. The van der Waals surface area contributed by atoms with Crippen LogP contribution in [-0.4, -0.2) is 51.5 Å². The minimum absolute atomic E-state index is 0.0906. The smallest absolute Gasteiger partial charge is 0.410 e. The number of fused-ring (bicyclic) bond motifs is 3. The summed E-state index contributed by atoms with van der Waals surface area (Å²) in [7, 11) is 0. The van der Waals surface area contributed by atoms with E-state index in [4.69, 9.17) is 9.47 Å². The number of carbonyl (C=O) groups excluding carboxylic acids is 2. The van der Waals surface area contributed by atoms with Crippen molar-refractivity contribution in [1.82, 2.24) is 14.3 Å². The van der Waals surface area contributed by atoms with Crippen LogP contribution in [0, 0.1) is 5.92 Å². The second-order valence-corrected chi connectivity index (χ2v) is 7.89. The molecule has 5 rings (SSSR count). The lowest BCUT2D eigenvalue weighted by Crippen LogP contribution is -2.60. The normalized spacial score (nSPS) is 23.3. The van der Waals surface area contributed by atoms with Gasteiger partial charge >= 0.3 is 6.09 Å². The lowest BCUT2D eigenvalue weighted by Gasteiger charge is -2.47. The number of morpholine rings is 1. The van der Waals surface area contributed by atoms with Gasteiger partial charge in [-0.25, -0.2) is 9.78 Å². The molecule has 2 fully saturated rings. The quantitative estimate of drug-likeness (QED) is 0.623. The van der Waals surface area contributed by atoms with Gasteiger partial charge in [-0.3, -0.25) is 14.1 Å². The molecule has 4 heterocycles. The maximum absolute atomic E-state index is 13.3. The van der Waals surface area contributed by atoms with Crippen molar-refractivity contribution in [1.29, 1.82) is 0 Å². The van der Waals surface area contributed by atoms with E-state index in [1.807, 2.05) is 59.1 Å². The SMILES string of the molecule is O=C(c1cccc2nccn12)C1CC2COCC(C1)N2C(=O)OCc1ccccc1. The third-order valence-electron chi connectivity index (χ3n) is 5.99. The Morgan fingerprint density at radius 1 is 1.03 bits per heavy atom. The van der Waals surface area contributed by atoms with E-state index in [0.717, 1.165) is 11.2 Å². The van der Waals surface area contributed by atoms with E-state index in [1.165, 1.54) is 0 Å². The van der Waals surface area contributed by atoms with Crippen LogP contribution in [-0.2, 0) is 16.1 Å². The number of aromatic nitrogens is 2. The number of Topliss-reactive ketones (excluding diaryl/α,β-unsaturated/α-hetero) is 1. The summed E-state index contributed by atoms with van der Waals surface area (Å²) in [4.78, 5) is 32.2. The third kappa shape index (κ3) is 3.45. The standard InChI is InChI=1S/C23H23N3O4/c27-22(20-7-4-8-21-24-9-10-25(20)21)17-11-18-14-29-15-19(12-17)26(18)23(28)30-13-16-5-2-1-3-6-16/h1-10,17-19H,11-15H2. The van der Waals surface area contributed by atoms with Crippen LogP contribution in [0.3, 0.4) is 0 Å². The maximum atomic E-state index is 13.3. The number of ether oxygens (including phenoxy) is 2. The molecule has 2 aliphatic heterocycles. The topological polar surface area (TPSA) is 73.1 Å². The molecule has 0 saturated carbocycles. The monoisotopic (exact) mass is 405 g/mol. The lowest BCUT2D eigenvalue weighted by atomic mass is 9.81. The van der Waals surface area contributed by atoms with Crippen LogP contribution in [0.15, 0.2) is 60.9 Å². The molecule has 0 radical (unpaired) electrons. The number of hydrogen-bond donors (Lipinski definition) is 0. The van der Waals surface area contributed by atoms with Gasteiger partial charge in [-0.1, -0.05) is 36.4 Å². The zero-order chi connectivity index (χ0) is 20.5. The Hall–Kier alpha value is -3.19. The number of amides is 1. The molecular formula is C23H23N3O4. The highest BCUT2D eigenvalue weighted by molar-refractivity contribution is 5.97. The largest absolute Gasteiger partial charge is 0.445 e. The highest BCUT2D eigenvalue weighted by Gasteiger charge is 2.44. The highest BCUT2D eigenvalue weighted by Crippen LogP contribution is 2.34. The van der Waals surface area contributed by atoms with Gasteiger partial charge in [0.25, 0.3) is 0 Å². The molecule has 30 heavy (non-hydrogen) atoms. The fraction of sp³-hybridized carbons (Fsp3) is 0.348. The minimum atomic E-state index is -0.334. The molecule has 2 bridgehead atoms. The van der Waals surface area contributed by atoms with Crippen LogP contribution >= 0.6 is 0 Å².